The standard InChI is InChI=1S/C18H20F4N4O.HI/c1-2-23-17(24-9-8-18(20,21)22)26-12-13-6-7-16(25-11-13)27-15-5-3-4-14(19)10-15;/h3-7,10-11H,2,8-9,12H2,1H3,(H2,23,24,26);1H. The number of halogens is 5. The Hall–Kier alpha value is -2.11. The molecule has 0 spiro atoms. The number of alkyl halides is 3. The monoisotopic (exact) mass is 512 g/mol. The molecule has 0 amide bonds. The Morgan fingerprint density at radius 2 is 1.96 bits per heavy atom. The summed E-state index contributed by atoms with van der Waals surface area (Å²) in [6, 6.07) is 9.03. The van der Waals surface area contributed by atoms with Gasteiger partial charge < -0.3 is 15.4 Å². The highest BCUT2D eigenvalue weighted by atomic mass is 127. The molecule has 10 heteroatoms. The number of nitrogens with zero attached hydrogens (tertiary/aromatic N) is 2. The summed E-state index contributed by atoms with van der Waals surface area (Å²) in [7, 11) is 0. The van der Waals surface area contributed by atoms with Gasteiger partial charge in [-0.25, -0.2) is 14.4 Å². The fourth-order valence-corrected chi connectivity index (χ4v) is 2.05. The molecule has 1 aromatic carbocycles. The average Bonchev–Trinajstić information content (AvgIpc) is 2.60. The number of pyridine rings is 1. The Bertz CT molecular complexity index is 754. The molecule has 0 unspecified atom stereocenters. The van der Waals surface area contributed by atoms with Crippen molar-refractivity contribution in [2.75, 3.05) is 13.1 Å². The molecule has 0 fully saturated rings. The van der Waals surface area contributed by atoms with Crippen LogP contribution in [0.4, 0.5) is 17.6 Å². The number of nitrogens with one attached hydrogen (secondary N) is 2. The van der Waals surface area contributed by atoms with Crippen molar-refractivity contribution < 1.29 is 22.3 Å². The van der Waals surface area contributed by atoms with Crippen molar-refractivity contribution >= 4 is 29.9 Å². The number of aliphatic imine (C=N–C) groups is 1. The first kappa shape index (κ1) is 23.9. The fraction of sp³-hybridized carbons (Fsp3) is 0.333. The molecule has 0 aliphatic heterocycles. The summed E-state index contributed by atoms with van der Waals surface area (Å²) in [4.78, 5) is 8.34. The molecular weight excluding hydrogens is 491 g/mol. The van der Waals surface area contributed by atoms with E-state index in [1.807, 2.05) is 6.92 Å². The van der Waals surface area contributed by atoms with E-state index in [-0.39, 0.29) is 37.1 Å². The van der Waals surface area contributed by atoms with Crippen LogP contribution < -0.4 is 15.4 Å². The maximum Gasteiger partial charge on any atom is 0.390 e. The number of hydrogen-bond donors (Lipinski definition) is 2. The molecule has 28 heavy (non-hydrogen) atoms. The number of benzene rings is 1. The Morgan fingerprint density at radius 1 is 1.18 bits per heavy atom. The van der Waals surface area contributed by atoms with Gasteiger partial charge >= 0.3 is 6.18 Å². The van der Waals surface area contributed by atoms with E-state index in [2.05, 4.69) is 20.6 Å². The first-order valence-electron chi connectivity index (χ1n) is 8.33. The first-order chi connectivity index (χ1) is 12.9. The Morgan fingerprint density at radius 3 is 2.57 bits per heavy atom. The van der Waals surface area contributed by atoms with E-state index in [9.17, 15) is 17.6 Å². The molecule has 0 saturated carbocycles. The Balaban J connectivity index is 0.00000392. The number of guanidine groups is 1. The molecule has 1 aromatic heterocycles. The van der Waals surface area contributed by atoms with Crippen LogP contribution in [0.1, 0.15) is 18.9 Å². The summed E-state index contributed by atoms with van der Waals surface area (Å²) >= 11 is 0. The number of aromatic nitrogens is 1. The van der Waals surface area contributed by atoms with Gasteiger partial charge in [0.25, 0.3) is 0 Å². The quantitative estimate of drug-likeness (QED) is 0.246. The molecule has 2 rings (SSSR count). The fourth-order valence-electron chi connectivity index (χ4n) is 2.05. The van der Waals surface area contributed by atoms with Gasteiger partial charge in [-0.1, -0.05) is 12.1 Å². The van der Waals surface area contributed by atoms with Crippen LogP contribution in [0.15, 0.2) is 47.6 Å². The first-order valence-corrected chi connectivity index (χ1v) is 8.33. The van der Waals surface area contributed by atoms with E-state index >= 15 is 0 Å². The van der Waals surface area contributed by atoms with Crippen molar-refractivity contribution in [1.82, 2.24) is 15.6 Å². The molecule has 0 saturated heterocycles. The highest BCUT2D eigenvalue weighted by molar-refractivity contribution is 14.0. The highest BCUT2D eigenvalue weighted by Crippen LogP contribution is 2.20. The Labute approximate surface area is 177 Å². The van der Waals surface area contributed by atoms with Crippen molar-refractivity contribution in [3.8, 4) is 11.6 Å². The summed E-state index contributed by atoms with van der Waals surface area (Å²) < 4.78 is 55.2. The largest absolute Gasteiger partial charge is 0.439 e. The second kappa shape index (κ2) is 11.7. The molecule has 2 aromatic rings. The molecule has 154 valence electrons. The molecular formula is C18H21F4IN4O. The molecule has 0 bridgehead atoms. The van der Waals surface area contributed by atoms with E-state index in [1.54, 1.807) is 18.2 Å². The zero-order chi connectivity index (χ0) is 19.7. The minimum atomic E-state index is -4.22. The maximum atomic E-state index is 13.1. The predicted octanol–water partition coefficient (Wildman–Crippen LogP) is 4.64. The lowest BCUT2D eigenvalue weighted by Gasteiger charge is -2.12. The minimum Gasteiger partial charge on any atom is -0.439 e. The molecule has 5 nitrogen and oxygen atoms in total. The van der Waals surface area contributed by atoms with Gasteiger partial charge in [-0.3, -0.25) is 0 Å². The second-order valence-electron chi connectivity index (χ2n) is 5.55. The molecule has 0 aliphatic carbocycles. The molecule has 2 N–H and O–H groups in total. The van der Waals surface area contributed by atoms with Crippen molar-refractivity contribution in [3.05, 3.63) is 54.0 Å². The zero-order valence-corrected chi connectivity index (χ0v) is 17.4. The van der Waals surface area contributed by atoms with Crippen molar-refractivity contribution in [3.63, 3.8) is 0 Å². The second-order valence-corrected chi connectivity index (χ2v) is 5.55. The lowest BCUT2D eigenvalue weighted by atomic mass is 10.3. The molecule has 0 radical (unpaired) electrons. The van der Waals surface area contributed by atoms with Crippen LogP contribution in [-0.2, 0) is 6.54 Å². The number of hydrogen-bond acceptors (Lipinski definition) is 3. The van der Waals surface area contributed by atoms with Crippen LogP contribution in [0.25, 0.3) is 0 Å². The van der Waals surface area contributed by atoms with Gasteiger partial charge in [-0.2, -0.15) is 13.2 Å². The molecule has 0 atom stereocenters. The van der Waals surface area contributed by atoms with E-state index in [0.29, 0.717) is 24.1 Å². The van der Waals surface area contributed by atoms with E-state index in [0.717, 1.165) is 5.56 Å². The average molecular weight is 512 g/mol. The third-order valence-electron chi connectivity index (χ3n) is 3.28. The van der Waals surface area contributed by atoms with Gasteiger partial charge in [0.05, 0.1) is 13.0 Å². The van der Waals surface area contributed by atoms with Crippen molar-refractivity contribution in [2.24, 2.45) is 4.99 Å². The lowest BCUT2D eigenvalue weighted by Crippen LogP contribution is -2.38. The van der Waals surface area contributed by atoms with Gasteiger partial charge in [0.2, 0.25) is 5.88 Å². The topological polar surface area (TPSA) is 58.5 Å². The third-order valence-corrected chi connectivity index (χ3v) is 3.28. The SMILES string of the molecule is CCNC(=NCc1ccc(Oc2cccc(F)c2)nc1)NCCC(F)(F)F.I. The van der Waals surface area contributed by atoms with Gasteiger partial charge in [0.1, 0.15) is 11.6 Å². The highest BCUT2D eigenvalue weighted by Gasteiger charge is 2.26. The number of ether oxygens (including phenoxy) is 1. The van der Waals surface area contributed by atoms with Crippen LogP contribution >= 0.6 is 24.0 Å². The summed E-state index contributed by atoms with van der Waals surface area (Å²) in [6.07, 6.45) is -3.62. The van der Waals surface area contributed by atoms with E-state index in [1.165, 1.54) is 24.4 Å². The van der Waals surface area contributed by atoms with Crippen LogP contribution in [0.3, 0.4) is 0 Å². The van der Waals surface area contributed by atoms with Gasteiger partial charge in [-0.05, 0) is 24.6 Å². The smallest absolute Gasteiger partial charge is 0.390 e. The zero-order valence-electron chi connectivity index (χ0n) is 15.1. The van der Waals surface area contributed by atoms with Crippen molar-refractivity contribution in [1.29, 1.82) is 0 Å². The predicted molar refractivity (Wildman–Crippen MR) is 110 cm³/mol. The summed E-state index contributed by atoms with van der Waals surface area (Å²) in [5.41, 5.74) is 0.745. The summed E-state index contributed by atoms with van der Waals surface area (Å²) in [6.45, 7) is 2.32. The normalized spacial score (nSPS) is 11.5. The summed E-state index contributed by atoms with van der Waals surface area (Å²) in [5, 5.41) is 5.51. The van der Waals surface area contributed by atoms with Gasteiger partial charge in [0.15, 0.2) is 5.96 Å². The van der Waals surface area contributed by atoms with Crippen LogP contribution in [-0.4, -0.2) is 30.2 Å². The molecule has 1 heterocycles. The lowest BCUT2D eigenvalue weighted by molar-refractivity contribution is -0.132. The maximum absolute atomic E-state index is 13.1. The van der Waals surface area contributed by atoms with Gasteiger partial charge in [-0.15, -0.1) is 24.0 Å². The summed E-state index contributed by atoms with van der Waals surface area (Å²) in [5.74, 6) is 0.509. The molecule has 0 aliphatic rings. The third kappa shape index (κ3) is 9.20. The van der Waals surface area contributed by atoms with Crippen molar-refractivity contribution in [2.45, 2.75) is 26.1 Å². The van der Waals surface area contributed by atoms with Crippen LogP contribution in [0, 0.1) is 5.82 Å². The van der Waals surface area contributed by atoms with Crippen LogP contribution in [0.2, 0.25) is 0 Å². The van der Waals surface area contributed by atoms with Gasteiger partial charge in [0, 0.05) is 31.4 Å². The minimum absolute atomic E-state index is 0. The van der Waals surface area contributed by atoms with E-state index < -0.39 is 18.4 Å². The number of rotatable bonds is 7. The Kier molecular flexibility index (Phi) is 9.97. The van der Waals surface area contributed by atoms with Crippen LogP contribution in [0.5, 0.6) is 11.6 Å². The van der Waals surface area contributed by atoms with E-state index in [4.69, 9.17) is 4.74 Å².